The Balaban J connectivity index is 1.99. The third kappa shape index (κ3) is 5.48. The van der Waals surface area contributed by atoms with Crippen LogP contribution in [-0.4, -0.2) is 64.4 Å². The first kappa shape index (κ1) is 23.8. The number of hydrogen-bond donors (Lipinski definition) is 1. The molecule has 1 unspecified atom stereocenters. The average molecular weight is 444 g/mol. The molecule has 32 heavy (non-hydrogen) atoms. The van der Waals surface area contributed by atoms with Crippen LogP contribution in [-0.2, 0) is 25.7 Å². The third-order valence-electron chi connectivity index (χ3n) is 5.04. The molecule has 1 aromatic heterocycles. The number of rotatable bonds is 11. The molecule has 3 rings (SSSR count). The summed E-state index contributed by atoms with van der Waals surface area (Å²) in [6.45, 7) is 7.72. The number of Topliss-reactive ketones (excluding diaryl/α,β-unsaturated/α-hetero) is 2. The lowest BCUT2D eigenvalue weighted by Crippen LogP contribution is -2.31. The van der Waals surface area contributed by atoms with Gasteiger partial charge in [-0.15, -0.1) is 0 Å². The molecule has 1 fully saturated rings. The number of ketones is 2. The minimum Gasteiger partial charge on any atom is -0.382 e. The maximum atomic E-state index is 13.4. The van der Waals surface area contributed by atoms with E-state index in [1.54, 1.807) is 31.3 Å². The van der Waals surface area contributed by atoms with E-state index in [0.29, 0.717) is 30.7 Å². The second-order valence-electron chi connectivity index (χ2n) is 8.10. The zero-order chi connectivity index (χ0) is 23.5. The number of carbonyl (C=O) groups is 3. The quantitative estimate of drug-likeness (QED) is 0.186. The zero-order valence-corrected chi connectivity index (χ0v) is 18.7. The molecule has 1 N–H and O–H groups in total. The Kier molecular flexibility index (Phi) is 7.22. The van der Waals surface area contributed by atoms with Crippen molar-refractivity contribution in [3.05, 3.63) is 35.5 Å². The first-order valence-corrected chi connectivity index (χ1v) is 10.6. The Bertz CT molecular complexity index is 1060. The van der Waals surface area contributed by atoms with Gasteiger partial charge in [0.25, 0.3) is 0 Å². The van der Waals surface area contributed by atoms with Crippen LogP contribution in [0.2, 0.25) is 0 Å². The van der Waals surface area contributed by atoms with Gasteiger partial charge in [-0.3, -0.25) is 9.59 Å². The Morgan fingerprint density at radius 3 is 2.59 bits per heavy atom. The van der Waals surface area contributed by atoms with Crippen molar-refractivity contribution >= 4 is 34.2 Å². The number of epoxide rings is 1. The van der Waals surface area contributed by atoms with Crippen molar-refractivity contribution in [2.24, 2.45) is 5.16 Å². The first-order valence-electron chi connectivity index (χ1n) is 10.6. The third-order valence-corrected chi connectivity index (χ3v) is 5.04. The highest BCUT2D eigenvalue weighted by molar-refractivity contribution is 6.48. The van der Waals surface area contributed by atoms with Crippen molar-refractivity contribution in [2.45, 2.75) is 52.4 Å². The summed E-state index contributed by atoms with van der Waals surface area (Å²) in [5.41, 5.74) is -0.289. The molecule has 0 saturated carbocycles. The number of ether oxygens (including phenoxy) is 2. The molecule has 9 heteroatoms. The SMILES string of the molecule is CCC(=O)O/N=C(\COCC1CO1)C(=O)c1cn(CC)c2ccc(C(=O)C(C)(C)O)cc12. The van der Waals surface area contributed by atoms with Crippen LogP contribution in [0.15, 0.2) is 29.6 Å². The largest absolute Gasteiger partial charge is 0.382 e. The van der Waals surface area contributed by atoms with Crippen LogP contribution in [0.25, 0.3) is 10.9 Å². The molecule has 2 heterocycles. The second kappa shape index (κ2) is 9.72. The van der Waals surface area contributed by atoms with Crippen molar-refractivity contribution in [2.75, 3.05) is 19.8 Å². The fraction of sp³-hybridized carbons (Fsp3) is 0.478. The number of fused-ring (bicyclic) bond motifs is 1. The molecule has 0 aliphatic carbocycles. The second-order valence-corrected chi connectivity index (χ2v) is 8.10. The highest BCUT2D eigenvalue weighted by Gasteiger charge is 2.28. The van der Waals surface area contributed by atoms with E-state index in [9.17, 15) is 19.5 Å². The van der Waals surface area contributed by atoms with Crippen LogP contribution >= 0.6 is 0 Å². The molecule has 0 spiro atoms. The van der Waals surface area contributed by atoms with Gasteiger partial charge in [-0.2, -0.15) is 0 Å². The topological polar surface area (TPSA) is 120 Å². The van der Waals surface area contributed by atoms with Crippen molar-refractivity contribution < 1.29 is 33.8 Å². The van der Waals surface area contributed by atoms with Crippen molar-refractivity contribution in [3.8, 4) is 0 Å². The predicted octanol–water partition coefficient (Wildman–Crippen LogP) is 2.52. The molecule has 0 bridgehead atoms. The van der Waals surface area contributed by atoms with E-state index in [1.807, 2.05) is 11.5 Å². The van der Waals surface area contributed by atoms with Gasteiger partial charge in [0.2, 0.25) is 5.78 Å². The zero-order valence-electron chi connectivity index (χ0n) is 18.7. The van der Waals surface area contributed by atoms with E-state index in [1.165, 1.54) is 13.8 Å². The summed E-state index contributed by atoms with van der Waals surface area (Å²) in [5, 5.41) is 14.4. The molecule has 1 aliphatic rings. The maximum Gasteiger partial charge on any atom is 0.334 e. The number of aromatic nitrogens is 1. The van der Waals surface area contributed by atoms with Crippen LogP contribution in [0, 0.1) is 0 Å². The summed E-state index contributed by atoms with van der Waals surface area (Å²) in [4.78, 5) is 42.4. The smallest absolute Gasteiger partial charge is 0.334 e. The number of nitrogens with zero attached hydrogens (tertiary/aromatic N) is 2. The fourth-order valence-electron chi connectivity index (χ4n) is 3.14. The standard InChI is InChI=1S/C23H28N2O7/c1-5-20(26)32-24-18(13-30-11-15-12-31-15)21(27)17-10-25(6-2)19-8-7-14(9-16(17)19)22(28)23(3,4)29/h7-10,15,29H,5-6,11-13H2,1-4H3/b24-18+. The van der Waals surface area contributed by atoms with Gasteiger partial charge in [0.1, 0.15) is 11.7 Å². The molecule has 1 saturated heterocycles. The molecule has 2 aromatic rings. The molecule has 0 radical (unpaired) electrons. The van der Waals surface area contributed by atoms with Gasteiger partial charge in [0.05, 0.1) is 19.8 Å². The van der Waals surface area contributed by atoms with E-state index in [4.69, 9.17) is 14.3 Å². The lowest BCUT2D eigenvalue weighted by atomic mass is 9.95. The summed E-state index contributed by atoms with van der Waals surface area (Å²) >= 11 is 0. The van der Waals surface area contributed by atoms with Gasteiger partial charge in [0.15, 0.2) is 11.5 Å². The lowest BCUT2D eigenvalue weighted by Gasteiger charge is -2.15. The molecule has 1 aliphatic heterocycles. The summed E-state index contributed by atoms with van der Waals surface area (Å²) in [6, 6.07) is 4.95. The van der Waals surface area contributed by atoms with Crippen LogP contribution in [0.5, 0.6) is 0 Å². The Morgan fingerprint density at radius 2 is 2.00 bits per heavy atom. The molecule has 1 atom stereocenters. The van der Waals surface area contributed by atoms with E-state index in [2.05, 4.69) is 5.16 Å². The number of oxime groups is 1. The van der Waals surface area contributed by atoms with Gasteiger partial charge in [-0.1, -0.05) is 12.1 Å². The number of hydrogen-bond acceptors (Lipinski definition) is 8. The van der Waals surface area contributed by atoms with Crippen LogP contribution in [0.4, 0.5) is 0 Å². The summed E-state index contributed by atoms with van der Waals surface area (Å²) < 4.78 is 12.5. The highest BCUT2D eigenvalue weighted by atomic mass is 16.7. The summed E-state index contributed by atoms with van der Waals surface area (Å²) in [6.07, 6.45) is 1.79. The minimum absolute atomic E-state index is 0.00181. The Labute approximate surface area is 185 Å². The van der Waals surface area contributed by atoms with Crippen LogP contribution in [0.3, 0.4) is 0 Å². The monoisotopic (exact) mass is 444 g/mol. The van der Waals surface area contributed by atoms with Crippen molar-refractivity contribution in [1.82, 2.24) is 4.57 Å². The number of benzene rings is 1. The normalized spacial score (nSPS) is 16.3. The molecular formula is C23H28N2O7. The van der Waals surface area contributed by atoms with E-state index in [0.717, 1.165) is 5.52 Å². The Hall–Kier alpha value is -2.88. The predicted molar refractivity (Wildman–Crippen MR) is 117 cm³/mol. The lowest BCUT2D eigenvalue weighted by molar-refractivity contribution is -0.143. The Morgan fingerprint density at radius 1 is 1.28 bits per heavy atom. The van der Waals surface area contributed by atoms with E-state index < -0.39 is 23.1 Å². The molecular weight excluding hydrogens is 416 g/mol. The average Bonchev–Trinajstić information content (AvgIpc) is 3.52. The maximum absolute atomic E-state index is 13.4. The van der Waals surface area contributed by atoms with Gasteiger partial charge in [-0.05, 0) is 39.0 Å². The van der Waals surface area contributed by atoms with Gasteiger partial charge >= 0.3 is 5.97 Å². The minimum atomic E-state index is -1.55. The van der Waals surface area contributed by atoms with Crippen molar-refractivity contribution in [3.63, 3.8) is 0 Å². The molecule has 1 aromatic carbocycles. The number of aryl methyl sites for hydroxylation is 1. The fourth-order valence-corrected chi connectivity index (χ4v) is 3.14. The first-order chi connectivity index (χ1) is 15.2. The number of carbonyl (C=O) groups excluding carboxylic acids is 3. The summed E-state index contributed by atoms with van der Waals surface area (Å²) in [5.74, 6) is -1.51. The number of aliphatic hydroxyl groups is 1. The molecule has 172 valence electrons. The van der Waals surface area contributed by atoms with Gasteiger partial charge < -0.3 is 24.0 Å². The summed E-state index contributed by atoms with van der Waals surface area (Å²) in [7, 11) is 0. The van der Waals surface area contributed by atoms with Gasteiger partial charge in [-0.25, -0.2) is 4.79 Å². The van der Waals surface area contributed by atoms with E-state index >= 15 is 0 Å². The molecule has 9 nitrogen and oxygen atoms in total. The van der Waals surface area contributed by atoms with Crippen LogP contribution in [0.1, 0.15) is 54.8 Å². The van der Waals surface area contributed by atoms with Crippen LogP contribution < -0.4 is 0 Å². The molecule has 0 amide bonds. The van der Waals surface area contributed by atoms with Gasteiger partial charge in [0, 0.05) is 41.2 Å². The highest BCUT2D eigenvalue weighted by Crippen LogP contribution is 2.26. The van der Waals surface area contributed by atoms with Crippen molar-refractivity contribution in [1.29, 1.82) is 0 Å². The van der Waals surface area contributed by atoms with E-state index in [-0.39, 0.29) is 30.4 Å².